The summed E-state index contributed by atoms with van der Waals surface area (Å²) >= 11 is 1.51. The lowest BCUT2D eigenvalue weighted by Crippen LogP contribution is -2.52. The summed E-state index contributed by atoms with van der Waals surface area (Å²) in [5, 5.41) is 0. The first-order valence-electron chi connectivity index (χ1n) is 12.2. The SMILES string of the molecule is [B]N1CCC[C@@H](N(C(=O)c2ccc3c(c2)N(CCCCOC)C(=O)C(C)(COC)S3)C(C)C)C1. The smallest absolute Gasteiger partial charge is 0.254 e. The van der Waals surface area contributed by atoms with Crippen molar-refractivity contribution in [2.45, 2.75) is 68.2 Å². The van der Waals surface area contributed by atoms with Crippen LogP contribution in [0.5, 0.6) is 0 Å². The number of unbranched alkanes of at least 4 members (excludes halogenated alkanes) is 1. The molecule has 0 bridgehead atoms. The third-order valence-electron chi connectivity index (χ3n) is 6.54. The first-order chi connectivity index (χ1) is 16.2. The number of amides is 2. The zero-order valence-corrected chi connectivity index (χ0v) is 22.0. The number of fused-ring (bicyclic) bond motifs is 1. The van der Waals surface area contributed by atoms with Gasteiger partial charge in [-0.2, -0.15) is 0 Å². The van der Waals surface area contributed by atoms with E-state index in [0.717, 1.165) is 42.8 Å². The lowest BCUT2D eigenvalue weighted by Gasteiger charge is -2.41. The summed E-state index contributed by atoms with van der Waals surface area (Å²) in [5.41, 5.74) is 1.41. The minimum Gasteiger partial charge on any atom is -0.385 e. The topological polar surface area (TPSA) is 62.3 Å². The molecule has 186 valence electrons. The molecule has 2 amide bonds. The highest BCUT2D eigenvalue weighted by atomic mass is 32.2. The molecular formula is C25H38BN3O4S. The van der Waals surface area contributed by atoms with Gasteiger partial charge in [0.2, 0.25) is 5.91 Å². The molecule has 0 aromatic heterocycles. The van der Waals surface area contributed by atoms with Crippen LogP contribution in [0.15, 0.2) is 23.1 Å². The normalized spacial score (nSPS) is 23.3. The molecule has 0 saturated carbocycles. The van der Waals surface area contributed by atoms with Crippen LogP contribution in [0.4, 0.5) is 5.69 Å². The number of rotatable bonds is 10. The van der Waals surface area contributed by atoms with Crippen molar-refractivity contribution in [3.05, 3.63) is 23.8 Å². The van der Waals surface area contributed by atoms with Gasteiger partial charge in [0.1, 0.15) is 4.75 Å². The van der Waals surface area contributed by atoms with Gasteiger partial charge < -0.3 is 24.1 Å². The number of hydrogen-bond donors (Lipinski definition) is 0. The fourth-order valence-corrected chi connectivity index (χ4v) is 6.18. The van der Waals surface area contributed by atoms with Gasteiger partial charge in [-0.15, -0.1) is 11.8 Å². The number of piperidine rings is 1. The third-order valence-corrected chi connectivity index (χ3v) is 7.85. The van der Waals surface area contributed by atoms with Gasteiger partial charge in [-0.3, -0.25) is 9.59 Å². The van der Waals surface area contributed by atoms with Crippen molar-refractivity contribution in [2.24, 2.45) is 0 Å². The van der Waals surface area contributed by atoms with Gasteiger partial charge in [-0.1, -0.05) is 0 Å². The maximum atomic E-state index is 13.7. The second-order valence-electron chi connectivity index (χ2n) is 9.70. The number of benzene rings is 1. The molecule has 1 aromatic rings. The van der Waals surface area contributed by atoms with E-state index in [1.54, 1.807) is 19.0 Å². The van der Waals surface area contributed by atoms with Crippen molar-refractivity contribution in [1.29, 1.82) is 0 Å². The number of thioether (sulfide) groups is 1. The zero-order valence-electron chi connectivity index (χ0n) is 21.2. The first-order valence-corrected chi connectivity index (χ1v) is 13.0. The van der Waals surface area contributed by atoms with Crippen LogP contribution in [0.1, 0.15) is 56.8 Å². The number of carbonyl (C=O) groups is 2. The van der Waals surface area contributed by atoms with E-state index in [1.165, 1.54) is 11.8 Å². The summed E-state index contributed by atoms with van der Waals surface area (Å²) in [7, 11) is 9.38. The van der Waals surface area contributed by atoms with E-state index in [4.69, 9.17) is 17.5 Å². The van der Waals surface area contributed by atoms with E-state index in [0.29, 0.717) is 31.9 Å². The third kappa shape index (κ3) is 5.98. The van der Waals surface area contributed by atoms with E-state index in [1.807, 2.05) is 48.8 Å². The molecule has 2 aliphatic heterocycles. The van der Waals surface area contributed by atoms with E-state index in [-0.39, 0.29) is 23.9 Å². The average molecular weight is 487 g/mol. The quantitative estimate of drug-likeness (QED) is 0.373. The van der Waals surface area contributed by atoms with Crippen LogP contribution in [0.2, 0.25) is 0 Å². The molecule has 1 fully saturated rings. The Morgan fingerprint density at radius 1 is 1.29 bits per heavy atom. The molecular weight excluding hydrogens is 449 g/mol. The molecule has 0 N–H and O–H groups in total. The highest BCUT2D eigenvalue weighted by Crippen LogP contribution is 2.46. The molecule has 1 unspecified atom stereocenters. The summed E-state index contributed by atoms with van der Waals surface area (Å²) in [6.45, 7) is 9.09. The van der Waals surface area contributed by atoms with Crippen LogP contribution in [0, 0.1) is 0 Å². The Kier molecular flexibility index (Phi) is 9.49. The standard InChI is InChI=1S/C25H38BN3O4S/c1-18(2)29(20-9-8-12-27(26)16-20)23(30)19-10-11-22-21(15-19)28(13-6-7-14-32-4)24(31)25(3,34-22)17-33-5/h10-11,15,18,20H,6-9,12-14,16-17H2,1-5H3/t20-,25?/m1/s1. The van der Waals surface area contributed by atoms with Crippen LogP contribution >= 0.6 is 11.8 Å². The van der Waals surface area contributed by atoms with Gasteiger partial charge >= 0.3 is 0 Å². The van der Waals surface area contributed by atoms with Crippen molar-refractivity contribution in [1.82, 2.24) is 9.71 Å². The highest BCUT2D eigenvalue weighted by molar-refractivity contribution is 8.01. The van der Waals surface area contributed by atoms with Crippen LogP contribution < -0.4 is 4.90 Å². The molecule has 0 spiro atoms. The van der Waals surface area contributed by atoms with Crippen LogP contribution in [0.25, 0.3) is 0 Å². The maximum Gasteiger partial charge on any atom is 0.254 e. The second kappa shape index (κ2) is 11.9. The van der Waals surface area contributed by atoms with Gasteiger partial charge in [-0.05, 0) is 71.2 Å². The molecule has 0 aliphatic carbocycles. The molecule has 2 aliphatic rings. The molecule has 2 heterocycles. The van der Waals surface area contributed by atoms with E-state index in [9.17, 15) is 9.59 Å². The van der Waals surface area contributed by atoms with Gasteiger partial charge in [0.05, 0.1) is 12.3 Å². The average Bonchev–Trinajstić information content (AvgIpc) is 2.79. The van der Waals surface area contributed by atoms with Gasteiger partial charge in [0.15, 0.2) is 7.98 Å². The number of nitrogens with zero attached hydrogens (tertiary/aromatic N) is 3. The number of ether oxygens (including phenoxy) is 2. The van der Waals surface area contributed by atoms with Gasteiger partial charge in [-0.25, -0.2) is 0 Å². The molecule has 1 aromatic carbocycles. The molecule has 9 heteroatoms. The van der Waals surface area contributed by atoms with Crippen molar-refractivity contribution in [3.63, 3.8) is 0 Å². The molecule has 7 nitrogen and oxygen atoms in total. The fourth-order valence-electron chi connectivity index (χ4n) is 4.92. The number of carbonyl (C=O) groups excluding carboxylic acids is 2. The Labute approximate surface area is 209 Å². The molecule has 3 rings (SSSR count). The Bertz CT molecular complexity index is 871. The lowest BCUT2D eigenvalue weighted by atomic mass is 9.98. The van der Waals surface area contributed by atoms with E-state index >= 15 is 0 Å². The van der Waals surface area contributed by atoms with Crippen LogP contribution in [-0.2, 0) is 14.3 Å². The Balaban J connectivity index is 1.92. The monoisotopic (exact) mass is 487 g/mol. The summed E-state index contributed by atoms with van der Waals surface area (Å²) in [4.78, 5) is 33.8. The predicted octanol–water partition coefficient (Wildman–Crippen LogP) is 3.36. The Hall–Kier alpha value is -1.55. The highest BCUT2D eigenvalue weighted by Gasteiger charge is 2.44. The summed E-state index contributed by atoms with van der Waals surface area (Å²) in [6, 6.07) is 5.88. The van der Waals surface area contributed by atoms with Crippen molar-refractivity contribution >= 4 is 37.2 Å². The van der Waals surface area contributed by atoms with Crippen LogP contribution in [-0.4, -0.2) is 93.4 Å². The lowest BCUT2D eigenvalue weighted by molar-refractivity contribution is -0.122. The van der Waals surface area contributed by atoms with Crippen molar-refractivity contribution in [3.8, 4) is 0 Å². The summed E-state index contributed by atoms with van der Waals surface area (Å²) in [5.74, 6) is 0.000689. The molecule has 1 saturated heterocycles. The van der Waals surface area contributed by atoms with Crippen molar-refractivity contribution in [2.75, 3.05) is 52.0 Å². The van der Waals surface area contributed by atoms with E-state index < -0.39 is 4.75 Å². The Morgan fingerprint density at radius 2 is 2.06 bits per heavy atom. The molecule has 2 atom stereocenters. The van der Waals surface area contributed by atoms with E-state index in [2.05, 4.69) is 0 Å². The maximum absolute atomic E-state index is 13.7. The summed E-state index contributed by atoms with van der Waals surface area (Å²) in [6.07, 6.45) is 3.59. The number of hydrogen-bond acceptors (Lipinski definition) is 6. The van der Waals surface area contributed by atoms with Crippen LogP contribution in [0.3, 0.4) is 0 Å². The fraction of sp³-hybridized carbons (Fsp3) is 0.680. The second-order valence-corrected chi connectivity index (χ2v) is 11.2. The predicted molar refractivity (Wildman–Crippen MR) is 138 cm³/mol. The zero-order chi connectivity index (χ0) is 24.9. The summed E-state index contributed by atoms with van der Waals surface area (Å²) < 4.78 is 9.87. The number of methoxy groups -OCH3 is 2. The molecule has 34 heavy (non-hydrogen) atoms. The minimum atomic E-state index is -0.703. The largest absolute Gasteiger partial charge is 0.385 e. The van der Waals surface area contributed by atoms with Gasteiger partial charge in [0.25, 0.3) is 5.91 Å². The Morgan fingerprint density at radius 3 is 2.71 bits per heavy atom. The molecule has 2 radical (unpaired) electrons. The van der Waals surface area contributed by atoms with Gasteiger partial charge in [0, 0.05) is 56.5 Å². The van der Waals surface area contributed by atoms with Crippen molar-refractivity contribution < 1.29 is 19.1 Å². The first kappa shape index (κ1) is 27.0. The number of anilines is 1. The minimum absolute atomic E-state index is 0.0138.